The number of nitrogens with zero attached hydrogens (tertiary/aromatic N) is 3. The molecule has 0 amide bonds. The Bertz CT molecular complexity index is 600. The zero-order valence-corrected chi connectivity index (χ0v) is 12.7. The van der Waals surface area contributed by atoms with E-state index < -0.39 is 35.1 Å². The molecule has 0 saturated carbocycles. The molecule has 1 aromatic rings. The molecule has 0 unspecified atom stereocenters. The quantitative estimate of drug-likeness (QED) is 0.502. The van der Waals surface area contributed by atoms with E-state index in [1.165, 1.54) is 0 Å². The maximum absolute atomic E-state index is 12.3. The lowest BCUT2D eigenvalue weighted by Crippen LogP contribution is -2.40. The van der Waals surface area contributed by atoms with Gasteiger partial charge in [-0.25, -0.2) is 18.4 Å². The highest BCUT2D eigenvalue weighted by molar-refractivity contribution is 7.89. The molecule has 116 valence electrons. The number of rotatable bonds is 6. The van der Waals surface area contributed by atoms with Crippen molar-refractivity contribution >= 4 is 33.6 Å². The Morgan fingerprint density at radius 1 is 1.14 bits per heavy atom. The van der Waals surface area contributed by atoms with E-state index in [9.17, 15) is 18.0 Å². The minimum Gasteiger partial charge on any atom is -0.468 e. The summed E-state index contributed by atoms with van der Waals surface area (Å²) < 4.78 is 34.1. The third-order valence-corrected chi connectivity index (χ3v) is 4.24. The van der Waals surface area contributed by atoms with Crippen LogP contribution in [-0.2, 0) is 29.1 Å². The molecule has 1 aromatic heterocycles. The molecule has 1 heterocycles. The van der Waals surface area contributed by atoms with Gasteiger partial charge in [0.25, 0.3) is 0 Å². The van der Waals surface area contributed by atoms with Gasteiger partial charge in [0.1, 0.15) is 18.0 Å². The first kappa shape index (κ1) is 17.3. The second-order valence-electron chi connectivity index (χ2n) is 3.61. The van der Waals surface area contributed by atoms with E-state index in [2.05, 4.69) is 19.4 Å². The van der Waals surface area contributed by atoms with Gasteiger partial charge in [-0.3, -0.25) is 9.59 Å². The van der Waals surface area contributed by atoms with Gasteiger partial charge in [0.2, 0.25) is 15.3 Å². The van der Waals surface area contributed by atoms with Crippen molar-refractivity contribution in [3.63, 3.8) is 0 Å². The Labute approximate surface area is 125 Å². The molecule has 0 aromatic carbocycles. The van der Waals surface area contributed by atoms with Crippen LogP contribution in [0, 0.1) is 0 Å². The summed E-state index contributed by atoms with van der Waals surface area (Å²) in [5, 5.41) is -0.138. The maximum Gasteiger partial charge on any atom is 0.321 e. The van der Waals surface area contributed by atoms with Crippen molar-refractivity contribution in [2.75, 3.05) is 27.3 Å². The van der Waals surface area contributed by atoms with Crippen LogP contribution in [-0.4, -0.2) is 61.9 Å². The number of halogens is 1. The fourth-order valence-corrected chi connectivity index (χ4v) is 2.54. The molecule has 11 heteroatoms. The van der Waals surface area contributed by atoms with Crippen LogP contribution in [0.15, 0.2) is 17.3 Å². The fourth-order valence-electron chi connectivity index (χ4n) is 1.23. The molecule has 0 radical (unpaired) electrons. The van der Waals surface area contributed by atoms with Gasteiger partial charge in [-0.1, -0.05) is 0 Å². The number of carbonyl (C=O) groups excluding carboxylic acids is 2. The minimum atomic E-state index is -4.18. The van der Waals surface area contributed by atoms with Crippen molar-refractivity contribution in [3.8, 4) is 0 Å². The van der Waals surface area contributed by atoms with Crippen molar-refractivity contribution in [3.05, 3.63) is 17.7 Å². The minimum absolute atomic E-state index is 0.138. The molecule has 0 saturated heterocycles. The molecular formula is C10H12ClN3O6S. The zero-order valence-electron chi connectivity index (χ0n) is 11.1. The first-order valence-corrected chi connectivity index (χ1v) is 7.24. The largest absolute Gasteiger partial charge is 0.468 e. The number of hydrogen-bond acceptors (Lipinski definition) is 8. The van der Waals surface area contributed by atoms with Crippen LogP contribution < -0.4 is 0 Å². The predicted molar refractivity (Wildman–Crippen MR) is 69.8 cm³/mol. The molecule has 1 rings (SSSR count). The fraction of sp³-hybridized carbons (Fsp3) is 0.400. The van der Waals surface area contributed by atoms with Gasteiger partial charge < -0.3 is 9.47 Å². The number of methoxy groups -OCH3 is 2. The second kappa shape index (κ2) is 7.29. The van der Waals surface area contributed by atoms with Gasteiger partial charge in [0, 0.05) is 0 Å². The van der Waals surface area contributed by atoms with Gasteiger partial charge in [-0.05, 0) is 11.6 Å². The monoisotopic (exact) mass is 337 g/mol. The summed E-state index contributed by atoms with van der Waals surface area (Å²) >= 11 is 5.48. The van der Waals surface area contributed by atoms with Gasteiger partial charge >= 0.3 is 11.9 Å². The molecule has 0 spiro atoms. The molecule has 0 aliphatic carbocycles. The molecular weight excluding hydrogens is 326 g/mol. The van der Waals surface area contributed by atoms with E-state index in [1.807, 2.05) is 0 Å². The Morgan fingerprint density at radius 3 is 1.95 bits per heavy atom. The van der Waals surface area contributed by atoms with Crippen molar-refractivity contribution in [1.82, 2.24) is 14.3 Å². The van der Waals surface area contributed by atoms with Crippen LogP contribution in [0.1, 0.15) is 0 Å². The molecule has 0 bridgehead atoms. The lowest BCUT2D eigenvalue weighted by molar-refractivity contribution is -0.143. The number of ether oxygens (including phenoxy) is 2. The number of carbonyl (C=O) groups is 2. The third-order valence-electron chi connectivity index (χ3n) is 2.30. The van der Waals surface area contributed by atoms with Crippen molar-refractivity contribution in [2.45, 2.75) is 4.90 Å². The average Bonchev–Trinajstić information content (AvgIpc) is 2.46. The standard InChI is InChI=1S/C10H12ClN3O6S/c1-19-8(15)5-14(6-9(16)20-2)21(17,18)7-3-12-10(11)13-4-7/h3-4H,5-6H2,1-2H3. The van der Waals surface area contributed by atoms with E-state index in [-0.39, 0.29) is 10.2 Å². The molecule has 0 aliphatic heterocycles. The van der Waals surface area contributed by atoms with E-state index in [1.54, 1.807) is 0 Å². The molecule has 0 fully saturated rings. The Kier molecular flexibility index (Phi) is 6.00. The van der Waals surface area contributed by atoms with Gasteiger partial charge in [0.05, 0.1) is 26.6 Å². The van der Waals surface area contributed by atoms with Crippen LogP contribution in [0.5, 0.6) is 0 Å². The van der Waals surface area contributed by atoms with E-state index in [0.29, 0.717) is 4.31 Å². The Morgan fingerprint density at radius 2 is 1.57 bits per heavy atom. The highest BCUT2D eigenvalue weighted by atomic mass is 35.5. The van der Waals surface area contributed by atoms with Crippen molar-refractivity contribution in [1.29, 1.82) is 0 Å². The van der Waals surface area contributed by atoms with Gasteiger partial charge in [-0.15, -0.1) is 0 Å². The first-order valence-electron chi connectivity index (χ1n) is 5.42. The van der Waals surface area contributed by atoms with E-state index >= 15 is 0 Å². The molecule has 21 heavy (non-hydrogen) atoms. The topological polar surface area (TPSA) is 116 Å². The summed E-state index contributed by atoms with van der Waals surface area (Å²) in [5.41, 5.74) is 0. The average molecular weight is 338 g/mol. The van der Waals surface area contributed by atoms with Crippen molar-refractivity contribution in [2.24, 2.45) is 0 Å². The second-order valence-corrected chi connectivity index (χ2v) is 5.89. The van der Waals surface area contributed by atoms with Crippen molar-refractivity contribution < 1.29 is 27.5 Å². The van der Waals surface area contributed by atoms with E-state index in [4.69, 9.17) is 11.6 Å². The highest BCUT2D eigenvalue weighted by Gasteiger charge is 2.30. The summed E-state index contributed by atoms with van der Waals surface area (Å²) in [6.07, 6.45) is 1.93. The summed E-state index contributed by atoms with van der Waals surface area (Å²) in [5.74, 6) is -1.67. The summed E-state index contributed by atoms with van der Waals surface area (Å²) in [7, 11) is -1.99. The molecule has 0 atom stereocenters. The Hall–Kier alpha value is -1.78. The summed E-state index contributed by atoms with van der Waals surface area (Å²) in [4.78, 5) is 29.3. The molecule has 0 N–H and O–H groups in total. The lowest BCUT2D eigenvalue weighted by atomic mass is 10.6. The zero-order chi connectivity index (χ0) is 16.0. The Balaban J connectivity index is 3.12. The normalized spacial score (nSPS) is 11.2. The predicted octanol–water partition coefficient (Wildman–Crippen LogP) is -0.533. The molecule has 9 nitrogen and oxygen atoms in total. The van der Waals surface area contributed by atoms with Crippen LogP contribution >= 0.6 is 11.6 Å². The SMILES string of the molecule is COC(=O)CN(CC(=O)OC)S(=O)(=O)c1cnc(Cl)nc1. The number of sulfonamides is 1. The smallest absolute Gasteiger partial charge is 0.321 e. The third kappa shape index (κ3) is 4.62. The van der Waals surface area contributed by atoms with Crippen LogP contribution in [0.25, 0.3) is 0 Å². The van der Waals surface area contributed by atoms with E-state index in [0.717, 1.165) is 26.6 Å². The highest BCUT2D eigenvalue weighted by Crippen LogP contribution is 2.14. The number of esters is 2. The maximum atomic E-state index is 12.3. The van der Waals surface area contributed by atoms with Gasteiger partial charge in [-0.2, -0.15) is 4.31 Å². The summed E-state index contributed by atoms with van der Waals surface area (Å²) in [6.45, 7) is -1.31. The summed E-state index contributed by atoms with van der Waals surface area (Å²) in [6, 6.07) is 0. The van der Waals surface area contributed by atoms with Crippen LogP contribution in [0.4, 0.5) is 0 Å². The number of aromatic nitrogens is 2. The van der Waals surface area contributed by atoms with Gasteiger partial charge in [0.15, 0.2) is 0 Å². The lowest BCUT2D eigenvalue weighted by Gasteiger charge is -2.19. The molecule has 0 aliphatic rings. The van der Waals surface area contributed by atoms with Crippen LogP contribution in [0.2, 0.25) is 5.28 Å². The first-order chi connectivity index (χ1) is 9.81. The number of hydrogen-bond donors (Lipinski definition) is 0. The van der Waals surface area contributed by atoms with Crippen LogP contribution in [0.3, 0.4) is 0 Å².